The van der Waals surface area contributed by atoms with E-state index in [9.17, 15) is 0 Å². The second kappa shape index (κ2) is 6.48. The van der Waals surface area contributed by atoms with Crippen molar-refractivity contribution in [1.29, 1.82) is 0 Å². The first-order valence-corrected chi connectivity index (χ1v) is 7.33. The Balaban J connectivity index is 1.97. The topological polar surface area (TPSA) is 82.6 Å². The maximum absolute atomic E-state index is 4.39. The third-order valence-electron chi connectivity index (χ3n) is 3.60. The summed E-state index contributed by atoms with van der Waals surface area (Å²) in [4.78, 5) is 15.1. The van der Waals surface area contributed by atoms with Gasteiger partial charge in [-0.15, -0.1) is 0 Å². The Labute approximate surface area is 128 Å². The molecule has 22 heavy (non-hydrogen) atoms. The highest BCUT2D eigenvalue weighted by Crippen LogP contribution is 2.25. The smallest absolute Gasteiger partial charge is 0.132 e. The van der Waals surface area contributed by atoms with Crippen LogP contribution >= 0.6 is 0 Å². The lowest BCUT2D eigenvalue weighted by Gasteiger charge is -2.21. The highest BCUT2D eigenvalue weighted by Gasteiger charge is 2.12. The second-order valence-electron chi connectivity index (χ2n) is 4.94. The molecule has 0 aliphatic rings. The predicted molar refractivity (Wildman–Crippen MR) is 86.7 cm³/mol. The molecule has 3 aromatic rings. The maximum Gasteiger partial charge on any atom is 0.132 e. The number of likely N-dealkylation sites (N-methyl/N-ethyl adjacent to an activating group) is 2. The number of nitrogens with zero attached hydrogens (tertiary/aromatic N) is 5. The van der Waals surface area contributed by atoms with Gasteiger partial charge in [-0.05, 0) is 20.0 Å². The highest BCUT2D eigenvalue weighted by atomic mass is 15.2. The molecule has 2 N–H and O–H groups in total. The van der Waals surface area contributed by atoms with Crippen LogP contribution in [0.2, 0.25) is 0 Å². The molecule has 0 fully saturated rings. The van der Waals surface area contributed by atoms with Crippen LogP contribution in [0.5, 0.6) is 0 Å². The van der Waals surface area contributed by atoms with Gasteiger partial charge in [-0.2, -0.15) is 5.10 Å². The van der Waals surface area contributed by atoms with Crippen LogP contribution in [0.3, 0.4) is 0 Å². The van der Waals surface area contributed by atoms with Crippen molar-refractivity contribution in [3.63, 3.8) is 0 Å². The number of aromatic nitrogens is 5. The van der Waals surface area contributed by atoms with Gasteiger partial charge < -0.3 is 10.2 Å². The maximum atomic E-state index is 4.39. The van der Waals surface area contributed by atoms with E-state index in [0.29, 0.717) is 0 Å². The Hall–Kier alpha value is -2.54. The molecule has 0 amide bonds. The third-order valence-corrected chi connectivity index (χ3v) is 3.60. The van der Waals surface area contributed by atoms with E-state index < -0.39 is 0 Å². The molecule has 0 aliphatic carbocycles. The van der Waals surface area contributed by atoms with E-state index in [1.165, 1.54) is 0 Å². The quantitative estimate of drug-likeness (QED) is 0.717. The first-order chi connectivity index (χ1) is 10.8. The van der Waals surface area contributed by atoms with Crippen LogP contribution in [-0.4, -0.2) is 51.8 Å². The largest absolute Gasteiger partial charge is 0.356 e. The number of aromatic amines is 1. The Kier molecular flexibility index (Phi) is 4.24. The van der Waals surface area contributed by atoms with Crippen molar-refractivity contribution in [2.24, 2.45) is 0 Å². The molecule has 3 rings (SSSR count). The average molecular weight is 297 g/mol. The molecule has 0 aliphatic heterocycles. The lowest BCUT2D eigenvalue weighted by atomic mass is 10.2. The second-order valence-corrected chi connectivity index (χ2v) is 4.94. The fourth-order valence-corrected chi connectivity index (χ4v) is 2.39. The van der Waals surface area contributed by atoms with Crippen molar-refractivity contribution in [1.82, 2.24) is 30.5 Å². The van der Waals surface area contributed by atoms with Gasteiger partial charge >= 0.3 is 0 Å². The van der Waals surface area contributed by atoms with Crippen molar-refractivity contribution in [3.05, 3.63) is 30.9 Å². The van der Waals surface area contributed by atoms with Gasteiger partial charge in [0.15, 0.2) is 0 Å². The van der Waals surface area contributed by atoms with Gasteiger partial charge in [0, 0.05) is 37.3 Å². The minimum atomic E-state index is 0.811. The van der Waals surface area contributed by atoms with Gasteiger partial charge in [-0.25, -0.2) is 9.97 Å². The molecule has 114 valence electrons. The number of hydrogen-bond acceptors (Lipinski definition) is 6. The molecule has 0 radical (unpaired) electrons. The average Bonchev–Trinajstić information content (AvgIpc) is 3.00. The molecule has 7 heteroatoms. The van der Waals surface area contributed by atoms with Crippen molar-refractivity contribution in [3.8, 4) is 11.4 Å². The molecular weight excluding hydrogens is 278 g/mol. The lowest BCUT2D eigenvalue weighted by molar-refractivity contribution is 0.728. The van der Waals surface area contributed by atoms with Crippen LogP contribution in [0.15, 0.2) is 30.9 Å². The molecule has 0 aromatic carbocycles. The number of nitrogens with one attached hydrogen (secondary N) is 2. The number of H-pyrrole nitrogens is 1. The number of anilines is 1. The van der Waals surface area contributed by atoms with Gasteiger partial charge in [0.2, 0.25) is 0 Å². The van der Waals surface area contributed by atoms with Crippen molar-refractivity contribution < 1.29 is 0 Å². The molecule has 3 aromatic heterocycles. The summed E-state index contributed by atoms with van der Waals surface area (Å²) in [7, 11) is 1.95. The molecular formula is C15H19N7. The fourth-order valence-electron chi connectivity index (χ4n) is 2.39. The lowest BCUT2D eigenvalue weighted by Crippen LogP contribution is -2.31. The van der Waals surface area contributed by atoms with E-state index in [2.05, 4.69) is 42.3 Å². The number of rotatable bonds is 6. The minimum absolute atomic E-state index is 0.811. The molecule has 0 saturated carbocycles. The van der Waals surface area contributed by atoms with Gasteiger partial charge in [0.05, 0.1) is 17.4 Å². The third kappa shape index (κ3) is 2.75. The van der Waals surface area contributed by atoms with E-state index in [1.807, 2.05) is 19.2 Å². The van der Waals surface area contributed by atoms with Gasteiger partial charge in [-0.1, -0.05) is 0 Å². The van der Waals surface area contributed by atoms with E-state index in [0.717, 1.165) is 47.7 Å². The number of pyridine rings is 1. The van der Waals surface area contributed by atoms with E-state index in [1.54, 1.807) is 18.7 Å². The first kappa shape index (κ1) is 14.4. The van der Waals surface area contributed by atoms with Crippen molar-refractivity contribution in [2.75, 3.05) is 31.6 Å². The Morgan fingerprint density at radius 3 is 3.05 bits per heavy atom. The zero-order valence-electron chi connectivity index (χ0n) is 12.7. The van der Waals surface area contributed by atoms with Crippen molar-refractivity contribution >= 4 is 16.7 Å². The first-order valence-electron chi connectivity index (χ1n) is 7.33. The number of fused-ring (bicyclic) bond motifs is 1. The van der Waals surface area contributed by atoms with Crippen LogP contribution in [0, 0.1) is 0 Å². The summed E-state index contributed by atoms with van der Waals surface area (Å²) in [5.74, 6) is 0.910. The monoisotopic (exact) mass is 297 g/mol. The number of hydrogen-bond donors (Lipinski definition) is 2. The van der Waals surface area contributed by atoms with Crippen molar-refractivity contribution in [2.45, 2.75) is 6.92 Å². The van der Waals surface area contributed by atoms with Crippen LogP contribution in [0.4, 0.5) is 5.82 Å². The minimum Gasteiger partial charge on any atom is -0.356 e. The molecule has 0 bridgehead atoms. The fraction of sp³-hybridized carbons (Fsp3) is 0.333. The normalized spacial score (nSPS) is 11.0. The van der Waals surface area contributed by atoms with Gasteiger partial charge in [0.1, 0.15) is 17.8 Å². The Morgan fingerprint density at radius 1 is 1.32 bits per heavy atom. The van der Waals surface area contributed by atoms with Crippen LogP contribution in [0.1, 0.15) is 6.92 Å². The summed E-state index contributed by atoms with van der Waals surface area (Å²) in [6.07, 6.45) is 5.11. The highest BCUT2D eigenvalue weighted by molar-refractivity contribution is 5.91. The Morgan fingerprint density at radius 2 is 2.23 bits per heavy atom. The van der Waals surface area contributed by atoms with Crippen LogP contribution in [-0.2, 0) is 0 Å². The zero-order valence-corrected chi connectivity index (χ0v) is 12.7. The van der Waals surface area contributed by atoms with E-state index in [4.69, 9.17) is 0 Å². The summed E-state index contributed by atoms with van der Waals surface area (Å²) < 4.78 is 0. The molecule has 0 spiro atoms. The summed E-state index contributed by atoms with van der Waals surface area (Å²) in [6, 6.07) is 3.92. The molecule has 3 heterocycles. The zero-order chi connectivity index (χ0) is 15.4. The molecule has 0 saturated heterocycles. The SMILES string of the molecule is CCN(CCNC)c1cc(-c2n[nH]c3cnccc23)ncn1. The summed E-state index contributed by atoms with van der Waals surface area (Å²) >= 11 is 0. The Bertz CT molecular complexity index is 752. The van der Waals surface area contributed by atoms with Gasteiger partial charge in [-0.3, -0.25) is 10.1 Å². The van der Waals surface area contributed by atoms with Crippen LogP contribution in [0.25, 0.3) is 22.3 Å². The van der Waals surface area contributed by atoms with Crippen LogP contribution < -0.4 is 10.2 Å². The predicted octanol–water partition coefficient (Wildman–Crippen LogP) is 1.46. The molecule has 0 unspecified atom stereocenters. The summed E-state index contributed by atoms with van der Waals surface area (Å²) in [5.41, 5.74) is 2.54. The molecule has 7 nitrogen and oxygen atoms in total. The summed E-state index contributed by atoms with van der Waals surface area (Å²) in [6.45, 7) is 4.81. The summed E-state index contributed by atoms with van der Waals surface area (Å²) in [5, 5.41) is 11.5. The standard InChI is InChI=1S/C15H19N7/c1-3-22(7-6-16-2)14-8-12(18-10-19-14)15-11-4-5-17-9-13(11)20-21-15/h4-5,8-10,16H,3,6-7H2,1-2H3,(H,20,21). The van der Waals surface area contributed by atoms with E-state index >= 15 is 0 Å². The van der Waals surface area contributed by atoms with Gasteiger partial charge in [0.25, 0.3) is 0 Å². The van der Waals surface area contributed by atoms with E-state index in [-0.39, 0.29) is 0 Å². The molecule has 0 atom stereocenters.